The Hall–Kier alpha value is -1.14. The Morgan fingerprint density at radius 1 is 1.29 bits per heavy atom. The van der Waals surface area contributed by atoms with E-state index >= 15 is 0 Å². The standard InChI is InChI=1S/C9H13Cl2N5O/c1-2-3-4-16(5-6(12)17)9-14-7(10)13-8(11)15-9/h2-5H2,1H3,(H2,12,17). The predicted molar refractivity (Wildman–Crippen MR) is 66.2 cm³/mol. The first-order valence-electron chi connectivity index (χ1n) is 5.13. The highest BCUT2D eigenvalue weighted by atomic mass is 35.5. The summed E-state index contributed by atoms with van der Waals surface area (Å²) in [6.45, 7) is 2.67. The monoisotopic (exact) mass is 277 g/mol. The van der Waals surface area contributed by atoms with Gasteiger partial charge in [-0.15, -0.1) is 0 Å². The topological polar surface area (TPSA) is 85.0 Å². The third-order valence-electron chi connectivity index (χ3n) is 1.98. The SMILES string of the molecule is CCCCN(CC(N)=O)c1nc(Cl)nc(Cl)n1. The Labute approximate surface area is 109 Å². The quantitative estimate of drug-likeness (QED) is 0.847. The second kappa shape index (κ2) is 6.56. The van der Waals surface area contributed by atoms with E-state index in [1.807, 2.05) is 6.92 Å². The molecular formula is C9H13Cl2N5O. The number of carbonyl (C=O) groups is 1. The lowest BCUT2D eigenvalue weighted by Crippen LogP contribution is -2.35. The molecule has 0 aromatic carbocycles. The lowest BCUT2D eigenvalue weighted by molar-refractivity contribution is -0.116. The number of primary amides is 1. The fraction of sp³-hybridized carbons (Fsp3) is 0.556. The average molecular weight is 278 g/mol. The van der Waals surface area contributed by atoms with E-state index in [9.17, 15) is 4.79 Å². The van der Waals surface area contributed by atoms with E-state index in [4.69, 9.17) is 28.9 Å². The number of halogens is 2. The van der Waals surface area contributed by atoms with Gasteiger partial charge in [-0.25, -0.2) is 0 Å². The normalized spacial score (nSPS) is 10.3. The summed E-state index contributed by atoms with van der Waals surface area (Å²) in [6, 6.07) is 0. The minimum Gasteiger partial charge on any atom is -0.368 e. The summed E-state index contributed by atoms with van der Waals surface area (Å²) >= 11 is 11.4. The van der Waals surface area contributed by atoms with Crippen molar-refractivity contribution in [2.24, 2.45) is 5.73 Å². The molecule has 0 unspecified atom stereocenters. The molecule has 0 fully saturated rings. The molecule has 94 valence electrons. The van der Waals surface area contributed by atoms with Crippen molar-refractivity contribution in [2.45, 2.75) is 19.8 Å². The summed E-state index contributed by atoms with van der Waals surface area (Å²) in [5, 5.41) is -0.0167. The largest absolute Gasteiger partial charge is 0.368 e. The minimum absolute atomic E-state index is 0.00836. The van der Waals surface area contributed by atoms with Crippen LogP contribution in [0.4, 0.5) is 5.95 Å². The molecule has 0 atom stereocenters. The number of unbranched alkanes of at least 4 members (excludes halogenated alkanes) is 1. The molecule has 1 amide bonds. The van der Waals surface area contributed by atoms with E-state index in [0.29, 0.717) is 6.54 Å². The van der Waals surface area contributed by atoms with Gasteiger partial charge < -0.3 is 10.6 Å². The fourth-order valence-electron chi connectivity index (χ4n) is 1.24. The molecule has 1 aromatic heterocycles. The third kappa shape index (κ3) is 4.70. The maximum Gasteiger partial charge on any atom is 0.237 e. The van der Waals surface area contributed by atoms with Gasteiger partial charge in [0, 0.05) is 6.54 Å². The Kier molecular flexibility index (Phi) is 5.37. The van der Waals surface area contributed by atoms with Gasteiger partial charge in [-0.1, -0.05) is 13.3 Å². The second-order valence-corrected chi connectivity index (χ2v) is 4.09. The summed E-state index contributed by atoms with van der Waals surface area (Å²) in [4.78, 5) is 24.1. The van der Waals surface area contributed by atoms with Crippen LogP contribution < -0.4 is 10.6 Å². The Balaban J connectivity index is 2.90. The van der Waals surface area contributed by atoms with Gasteiger partial charge >= 0.3 is 0 Å². The molecular weight excluding hydrogens is 265 g/mol. The van der Waals surface area contributed by atoms with Gasteiger partial charge in [-0.2, -0.15) is 15.0 Å². The molecule has 0 bridgehead atoms. The minimum atomic E-state index is -0.464. The van der Waals surface area contributed by atoms with E-state index in [0.717, 1.165) is 12.8 Å². The maximum absolute atomic E-state index is 11.0. The zero-order chi connectivity index (χ0) is 12.8. The van der Waals surface area contributed by atoms with E-state index in [1.54, 1.807) is 4.90 Å². The zero-order valence-electron chi connectivity index (χ0n) is 9.36. The van der Waals surface area contributed by atoms with Gasteiger partial charge in [0.15, 0.2) is 0 Å². The molecule has 0 spiro atoms. The summed E-state index contributed by atoms with van der Waals surface area (Å²) in [6.07, 6.45) is 1.86. The number of hydrogen-bond acceptors (Lipinski definition) is 5. The number of carbonyl (C=O) groups excluding carboxylic acids is 1. The molecule has 0 radical (unpaired) electrons. The van der Waals surface area contributed by atoms with Gasteiger partial charge in [0.25, 0.3) is 0 Å². The highest BCUT2D eigenvalue weighted by Crippen LogP contribution is 2.14. The molecule has 1 heterocycles. The lowest BCUT2D eigenvalue weighted by atomic mass is 10.3. The number of hydrogen-bond donors (Lipinski definition) is 1. The van der Waals surface area contributed by atoms with Crippen molar-refractivity contribution in [2.75, 3.05) is 18.0 Å². The molecule has 0 saturated carbocycles. The number of rotatable bonds is 6. The van der Waals surface area contributed by atoms with Crippen LogP contribution in [0.25, 0.3) is 0 Å². The molecule has 2 N–H and O–H groups in total. The van der Waals surface area contributed by atoms with Crippen LogP contribution in [0.15, 0.2) is 0 Å². The number of nitrogens with two attached hydrogens (primary N) is 1. The van der Waals surface area contributed by atoms with Crippen LogP contribution in [-0.4, -0.2) is 33.9 Å². The van der Waals surface area contributed by atoms with Crippen molar-refractivity contribution in [3.05, 3.63) is 10.6 Å². The Bertz CT molecular complexity index is 381. The average Bonchev–Trinajstić information content (AvgIpc) is 2.22. The molecule has 8 heteroatoms. The molecule has 1 rings (SSSR count). The van der Waals surface area contributed by atoms with E-state index in [-0.39, 0.29) is 23.1 Å². The van der Waals surface area contributed by atoms with E-state index in [1.165, 1.54) is 0 Å². The smallest absolute Gasteiger partial charge is 0.237 e. The van der Waals surface area contributed by atoms with Crippen molar-refractivity contribution < 1.29 is 4.79 Å². The first-order chi connectivity index (χ1) is 8.02. The predicted octanol–water partition coefficient (Wildman–Crippen LogP) is 1.27. The van der Waals surface area contributed by atoms with E-state index < -0.39 is 5.91 Å². The molecule has 0 aliphatic rings. The fourth-order valence-corrected chi connectivity index (χ4v) is 1.60. The van der Waals surface area contributed by atoms with Crippen LogP contribution in [0.1, 0.15) is 19.8 Å². The van der Waals surface area contributed by atoms with Gasteiger partial charge in [0.2, 0.25) is 22.4 Å². The molecule has 17 heavy (non-hydrogen) atoms. The van der Waals surface area contributed by atoms with Crippen molar-refractivity contribution in [3.63, 3.8) is 0 Å². The summed E-state index contributed by atoms with van der Waals surface area (Å²) in [7, 11) is 0. The molecule has 0 aliphatic heterocycles. The second-order valence-electron chi connectivity index (χ2n) is 3.41. The number of amides is 1. The Morgan fingerprint density at radius 3 is 2.35 bits per heavy atom. The molecule has 6 nitrogen and oxygen atoms in total. The van der Waals surface area contributed by atoms with Crippen LogP contribution in [0.3, 0.4) is 0 Å². The molecule has 1 aromatic rings. The highest BCUT2D eigenvalue weighted by molar-refractivity contribution is 6.31. The van der Waals surface area contributed by atoms with Crippen LogP contribution in [-0.2, 0) is 4.79 Å². The number of anilines is 1. The number of nitrogens with zero attached hydrogens (tertiary/aromatic N) is 4. The highest BCUT2D eigenvalue weighted by Gasteiger charge is 2.14. The zero-order valence-corrected chi connectivity index (χ0v) is 10.9. The summed E-state index contributed by atoms with van der Waals surface area (Å²) in [5.41, 5.74) is 5.16. The number of aromatic nitrogens is 3. The van der Waals surface area contributed by atoms with Gasteiger partial charge in [-0.05, 0) is 29.6 Å². The summed E-state index contributed by atoms with van der Waals surface area (Å²) in [5.74, 6) is -0.198. The van der Waals surface area contributed by atoms with Crippen LogP contribution in [0.2, 0.25) is 10.6 Å². The first kappa shape index (κ1) is 13.9. The van der Waals surface area contributed by atoms with Crippen LogP contribution in [0.5, 0.6) is 0 Å². The van der Waals surface area contributed by atoms with Crippen molar-refractivity contribution in [1.82, 2.24) is 15.0 Å². The van der Waals surface area contributed by atoms with Crippen molar-refractivity contribution in [1.29, 1.82) is 0 Å². The van der Waals surface area contributed by atoms with Crippen molar-refractivity contribution >= 4 is 35.1 Å². The van der Waals surface area contributed by atoms with Crippen molar-refractivity contribution in [3.8, 4) is 0 Å². The summed E-state index contributed by atoms with van der Waals surface area (Å²) < 4.78 is 0. The first-order valence-corrected chi connectivity index (χ1v) is 5.89. The van der Waals surface area contributed by atoms with Crippen LogP contribution >= 0.6 is 23.2 Å². The molecule has 0 aliphatic carbocycles. The maximum atomic E-state index is 11.0. The van der Waals surface area contributed by atoms with Gasteiger partial charge in [-0.3, -0.25) is 4.79 Å². The van der Waals surface area contributed by atoms with Gasteiger partial charge in [0.1, 0.15) is 0 Å². The Morgan fingerprint density at radius 2 is 1.88 bits per heavy atom. The molecule has 0 saturated heterocycles. The lowest BCUT2D eigenvalue weighted by Gasteiger charge is -2.20. The third-order valence-corrected chi connectivity index (χ3v) is 2.32. The van der Waals surface area contributed by atoms with Gasteiger partial charge in [0.05, 0.1) is 6.54 Å². The van der Waals surface area contributed by atoms with E-state index in [2.05, 4.69) is 15.0 Å². The van der Waals surface area contributed by atoms with Crippen LogP contribution in [0, 0.1) is 0 Å².